The summed E-state index contributed by atoms with van der Waals surface area (Å²) in [4.78, 5) is 16.0. The van der Waals surface area contributed by atoms with E-state index in [1.54, 1.807) is 0 Å². The zero-order chi connectivity index (χ0) is 16.4. The summed E-state index contributed by atoms with van der Waals surface area (Å²) >= 11 is 0. The number of piperidine rings is 1. The van der Waals surface area contributed by atoms with Gasteiger partial charge in [0.15, 0.2) is 0 Å². The van der Waals surface area contributed by atoms with E-state index in [2.05, 4.69) is 39.1 Å². The highest BCUT2D eigenvalue weighted by molar-refractivity contribution is 5.54. The van der Waals surface area contributed by atoms with Crippen molar-refractivity contribution in [2.75, 3.05) is 18.0 Å². The predicted molar refractivity (Wildman–Crippen MR) is 94.9 cm³/mol. The maximum atomic E-state index is 4.92. The fourth-order valence-electron chi connectivity index (χ4n) is 3.39. The van der Waals surface area contributed by atoms with Crippen molar-refractivity contribution in [2.24, 2.45) is 7.05 Å². The van der Waals surface area contributed by atoms with Gasteiger partial charge in [-0.25, -0.2) is 9.97 Å². The number of rotatable bonds is 3. The van der Waals surface area contributed by atoms with Gasteiger partial charge in [-0.2, -0.15) is 0 Å². The molecule has 4 heterocycles. The second kappa shape index (κ2) is 6.43. The lowest BCUT2D eigenvalue weighted by molar-refractivity contribution is 0.499. The Bertz CT molecular complexity index is 811. The monoisotopic (exact) mass is 319 g/mol. The van der Waals surface area contributed by atoms with Crippen LogP contribution in [-0.4, -0.2) is 32.6 Å². The Hall–Kier alpha value is -2.69. The van der Waals surface area contributed by atoms with Crippen molar-refractivity contribution >= 4 is 5.82 Å². The maximum Gasteiger partial charge on any atom is 0.128 e. The van der Waals surface area contributed by atoms with E-state index in [1.807, 2.05) is 42.5 Å². The Kier molecular flexibility index (Phi) is 3.99. The minimum absolute atomic E-state index is 0.439. The number of aryl methyl sites for hydroxylation is 1. The Morgan fingerprint density at radius 1 is 1.12 bits per heavy atom. The Morgan fingerprint density at radius 2 is 2.08 bits per heavy atom. The van der Waals surface area contributed by atoms with Crippen LogP contribution in [0.5, 0.6) is 0 Å². The molecule has 1 aliphatic rings. The first-order chi connectivity index (χ1) is 11.8. The van der Waals surface area contributed by atoms with E-state index >= 15 is 0 Å². The van der Waals surface area contributed by atoms with Gasteiger partial charge in [0.2, 0.25) is 0 Å². The molecule has 0 radical (unpaired) electrons. The molecule has 122 valence electrons. The summed E-state index contributed by atoms with van der Waals surface area (Å²) in [6.45, 7) is 2.04. The van der Waals surface area contributed by atoms with E-state index in [0.29, 0.717) is 5.92 Å². The van der Waals surface area contributed by atoms with Crippen LogP contribution in [0.15, 0.2) is 55.1 Å². The minimum Gasteiger partial charge on any atom is -0.356 e. The first-order valence-electron chi connectivity index (χ1n) is 8.41. The van der Waals surface area contributed by atoms with Crippen molar-refractivity contribution < 1.29 is 0 Å². The molecule has 0 N–H and O–H groups in total. The number of anilines is 1. The predicted octanol–water partition coefficient (Wildman–Crippen LogP) is 3.26. The molecular weight excluding hydrogens is 298 g/mol. The van der Waals surface area contributed by atoms with Crippen LogP contribution in [0.2, 0.25) is 0 Å². The molecule has 1 atom stereocenters. The van der Waals surface area contributed by atoms with Gasteiger partial charge in [0, 0.05) is 37.9 Å². The molecule has 0 amide bonds. The van der Waals surface area contributed by atoms with Crippen molar-refractivity contribution in [1.82, 2.24) is 19.5 Å². The molecule has 0 spiro atoms. The van der Waals surface area contributed by atoms with E-state index in [-0.39, 0.29) is 0 Å². The van der Waals surface area contributed by atoms with Crippen molar-refractivity contribution in [2.45, 2.75) is 18.8 Å². The molecule has 0 saturated carbocycles. The topological polar surface area (TPSA) is 46.8 Å². The molecule has 4 rings (SSSR count). The molecule has 3 aromatic rings. The van der Waals surface area contributed by atoms with Gasteiger partial charge in [0.25, 0.3) is 0 Å². The zero-order valence-corrected chi connectivity index (χ0v) is 13.8. The second-order valence-electron chi connectivity index (χ2n) is 6.31. The highest BCUT2D eigenvalue weighted by Gasteiger charge is 2.23. The van der Waals surface area contributed by atoms with Gasteiger partial charge in [-0.05, 0) is 37.1 Å². The molecule has 1 saturated heterocycles. The van der Waals surface area contributed by atoms with Crippen LogP contribution in [-0.2, 0) is 7.05 Å². The molecule has 1 aliphatic heterocycles. The quantitative estimate of drug-likeness (QED) is 0.743. The molecule has 5 nitrogen and oxygen atoms in total. The molecule has 0 unspecified atom stereocenters. The van der Waals surface area contributed by atoms with Gasteiger partial charge in [0.1, 0.15) is 5.82 Å². The Labute approximate surface area is 142 Å². The van der Waals surface area contributed by atoms with E-state index in [0.717, 1.165) is 36.0 Å². The summed E-state index contributed by atoms with van der Waals surface area (Å²) in [5.74, 6) is 1.50. The summed E-state index contributed by atoms with van der Waals surface area (Å²) in [6.07, 6.45) is 7.88. The van der Waals surface area contributed by atoms with Gasteiger partial charge in [0.05, 0.1) is 23.9 Å². The second-order valence-corrected chi connectivity index (χ2v) is 6.31. The van der Waals surface area contributed by atoms with Crippen molar-refractivity contribution in [1.29, 1.82) is 0 Å². The van der Waals surface area contributed by atoms with Crippen LogP contribution in [0.4, 0.5) is 5.82 Å². The number of aromatic nitrogens is 4. The van der Waals surface area contributed by atoms with Crippen LogP contribution in [0.25, 0.3) is 11.4 Å². The Balaban J connectivity index is 1.58. The van der Waals surface area contributed by atoms with E-state index < -0.39 is 0 Å². The molecular formula is C19H21N5. The molecule has 3 aromatic heterocycles. The average molecular weight is 319 g/mol. The molecule has 24 heavy (non-hydrogen) atoms. The third kappa shape index (κ3) is 2.89. The SMILES string of the molecule is Cn1cncc1-c1cccc([C@@H]2CCCN(c3ccccn3)C2)n1. The number of hydrogen-bond acceptors (Lipinski definition) is 4. The lowest BCUT2D eigenvalue weighted by atomic mass is 9.94. The fourth-order valence-corrected chi connectivity index (χ4v) is 3.39. The van der Waals surface area contributed by atoms with Crippen LogP contribution in [0.3, 0.4) is 0 Å². The van der Waals surface area contributed by atoms with Gasteiger partial charge in [-0.3, -0.25) is 4.98 Å². The van der Waals surface area contributed by atoms with Crippen LogP contribution < -0.4 is 4.90 Å². The first-order valence-corrected chi connectivity index (χ1v) is 8.41. The summed E-state index contributed by atoms with van der Waals surface area (Å²) in [7, 11) is 2.00. The standard InChI is InChI=1S/C19H21N5/c1-23-14-20-12-18(23)17-8-4-7-16(22-17)15-6-5-11-24(13-15)19-9-2-3-10-21-19/h2-4,7-10,12,14-15H,5-6,11,13H2,1H3/t15-/m1/s1. The van der Waals surface area contributed by atoms with Gasteiger partial charge >= 0.3 is 0 Å². The number of imidazole rings is 1. The molecule has 5 heteroatoms. The van der Waals surface area contributed by atoms with Crippen LogP contribution >= 0.6 is 0 Å². The van der Waals surface area contributed by atoms with Gasteiger partial charge in [-0.1, -0.05) is 12.1 Å². The molecule has 1 fully saturated rings. The normalized spacial score (nSPS) is 17.9. The molecule has 0 aromatic carbocycles. The highest BCUT2D eigenvalue weighted by atomic mass is 15.2. The van der Waals surface area contributed by atoms with E-state index in [4.69, 9.17) is 4.98 Å². The van der Waals surface area contributed by atoms with Gasteiger partial charge < -0.3 is 9.47 Å². The summed E-state index contributed by atoms with van der Waals surface area (Å²) in [5, 5.41) is 0. The lowest BCUT2D eigenvalue weighted by Gasteiger charge is -2.33. The van der Waals surface area contributed by atoms with E-state index in [1.165, 1.54) is 12.8 Å². The van der Waals surface area contributed by atoms with E-state index in [9.17, 15) is 0 Å². The number of pyridine rings is 2. The first kappa shape index (κ1) is 14.9. The van der Waals surface area contributed by atoms with Crippen molar-refractivity contribution in [3.05, 3.63) is 60.8 Å². The fraction of sp³-hybridized carbons (Fsp3) is 0.316. The maximum absolute atomic E-state index is 4.92. The van der Waals surface area contributed by atoms with Crippen LogP contribution in [0, 0.1) is 0 Å². The average Bonchev–Trinajstić information content (AvgIpc) is 3.09. The minimum atomic E-state index is 0.439. The molecule has 0 bridgehead atoms. The third-order valence-corrected chi connectivity index (χ3v) is 4.66. The molecule has 0 aliphatic carbocycles. The Morgan fingerprint density at radius 3 is 2.88 bits per heavy atom. The number of nitrogens with zero attached hydrogens (tertiary/aromatic N) is 5. The summed E-state index contributed by atoms with van der Waals surface area (Å²) in [6, 6.07) is 12.4. The largest absolute Gasteiger partial charge is 0.356 e. The van der Waals surface area contributed by atoms with Crippen molar-refractivity contribution in [3.63, 3.8) is 0 Å². The van der Waals surface area contributed by atoms with Crippen molar-refractivity contribution in [3.8, 4) is 11.4 Å². The smallest absolute Gasteiger partial charge is 0.128 e. The number of hydrogen-bond donors (Lipinski definition) is 0. The third-order valence-electron chi connectivity index (χ3n) is 4.66. The summed E-state index contributed by atoms with van der Waals surface area (Å²) < 4.78 is 2.01. The summed E-state index contributed by atoms with van der Waals surface area (Å²) in [5.41, 5.74) is 3.20. The van der Waals surface area contributed by atoms with Gasteiger partial charge in [-0.15, -0.1) is 0 Å². The highest BCUT2D eigenvalue weighted by Crippen LogP contribution is 2.29. The van der Waals surface area contributed by atoms with Crippen LogP contribution in [0.1, 0.15) is 24.5 Å². The lowest BCUT2D eigenvalue weighted by Crippen LogP contribution is -2.35. The zero-order valence-electron chi connectivity index (χ0n) is 13.8.